The minimum Gasteiger partial charge on any atom is -0.454 e. The van der Waals surface area contributed by atoms with Crippen LogP contribution in [0.5, 0.6) is 11.5 Å². The van der Waals surface area contributed by atoms with E-state index in [4.69, 9.17) is 21.1 Å². The maximum atomic E-state index is 12.8. The van der Waals surface area contributed by atoms with E-state index in [1.807, 2.05) is 18.2 Å². The summed E-state index contributed by atoms with van der Waals surface area (Å²) in [5, 5.41) is 3.73. The van der Waals surface area contributed by atoms with Crippen molar-refractivity contribution in [1.82, 2.24) is 10.2 Å². The lowest BCUT2D eigenvalue weighted by Gasteiger charge is -2.40. The normalized spacial score (nSPS) is 16.5. The lowest BCUT2D eigenvalue weighted by molar-refractivity contribution is 0.0930. The summed E-state index contributed by atoms with van der Waals surface area (Å²) in [5.41, 5.74) is 2.94. The molecule has 5 rings (SSSR count). The van der Waals surface area contributed by atoms with Gasteiger partial charge in [0.05, 0.1) is 6.04 Å². The van der Waals surface area contributed by atoms with Crippen LogP contribution in [0.4, 0.5) is 5.69 Å². The number of ether oxygens (including phenoxy) is 2. The van der Waals surface area contributed by atoms with Gasteiger partial charge in [0.25, 0.3) is 5.91 Å². The third kappa shape index (κ3) is 4.92. The van der Waals surface area contributed by atoms with Gasteiger partial charge in [-0.3, -0.25) is 9.69 Å². The van der Waals surface area contributed by atoms with E-state index >= 15 is 0 Å². The molecule has 0 aliphatic carbocycles. The number of piperazine rings is 1. The number of carbonyl (C=O) groups is 1. The van der Waals surface area contributed by atoms with Crippen molar-refractivity contribution in [3.05, 3.63) is 88.9 Å². The number of rotatable bonds is 6. The van der Waals surface area contributed by atoms with E-state index in [2.05, 4.69) is 45.4 Å². The third-order valence-corrected chi connectivity index (χ3v) is 6.47. The summed E-state index contributed by atoms with van der Waals surface area (Å²) >= 11 is 5.96. The number of nitrogens with zero attached hydrogens (tertiary/aromatic N) is 2. The van der Waals surface area contributed by atoms with Gasteiger partial charge in [-0.1, -0.05) is 35.9 Å². The molecule has 0 spiro atoms. The van der Waals surface area contributed by atoms with Crippen molar-refractivity contribution in [3.63, 3.8) is 0 Å². The fourth-order valence-electron chi connectivity index (χ4n) is 4.40. The van der Waals surface area contributed by atoms with E-state index in [1.165, 1.54) is 5.69 Å². The fourth-order valence-corrected chi connectivity index (χ4v) is 4.53. The lowest BCUT2D eigenvalue weighted by Crippen LogP contribution is -2.50. The Morgan fingerprint density at radius 3 is 2.39 bits per heavy atom. The van der Waals surface area contributed by atoms with Crippen molar-refractivity contribution < 1.29 is 14.3 Å². The summed E-state index contributed by atoms with van der Waals surface area (Å²) in [4.78, 5) is 17.6. The van der Waals surface area contributed by atoms with Crippen LogP contribution in [0.1, 0.15) is 22.0 Å². The highest BCUT2D eigenvalue weighted by Crippen LogP contribution is 2.35. The van der Waals surface area contributed by atoms with E-state index in [1.54, 1.807) is 24.3 Å². The van der Waals surface area contributed by atoms with Crippen molar-refractivity contribution in [1.29, 1.82) is 0 Å². The van der Waals surface area contributed by atoms with Gasteiger partial charge < -0.3 is 19.7 Å². The van der Waals surface area contributed by atoms with E-state index in [9.17, 15) is 4.79 Å². The van der Waals surface area contributed by atoms with Gasteiger partial charge in [0.1, 0.15) is 0 Å². The molecule has 0 saturated carbocycles. The molecule has 3 aromatic carbocycles. The lowest BCUT2D eigenvalue weighted by atomic mass is 10.0. The number of halogens is 1. The first kappa shape index (κ1) is 21.6. The van der Waals surface area contributed by atoms with Crippen LogP contribution in [0, 0.1) is 0 Å². The van der Waals surface area contributed by atoms with Gasteiger partial charge >= 0.3 is 0 Å². The highest BCUT2D eigenvalue weighted by molar-refractivity contribution is 6.30. The predicted molar refractivity (Wildman–Crippen MR) is 129 cm³/mol. The SMILES string of the molecule is O=C(NC[C@H](c1ccc2c(c1)OCO2)N1CCN(c2ccccc2)CC1)c1ccc(Cl)cc1. The Hall–Kier alpha value is -3.22. The van der Waals surface area contributed by atoms with Crippen molar-refractivity contribution in [2.45, 2.75) is 6.04 Å². The smallest absolute Gasteiger partial charge is 0.251 e. The standard InChI is InChI=1S/C26H26ClN3O3/c27-21-9-6-19(7-10-21)26(31)28-17-23(20-8-11-24-25(16-20)33-18-32-24)30-14-12-29(13-15-30)22-4-2-1-3-5-22/h1-11,16,23H,12-15,17-18H2,(H,28,31)/t23-/m1/s1. The summed E-state index contributed by atoms with van der Waals surface area (Å²) in [5.74, 6) is 1.40. The van der Waals surface area contributed by atoms with Crippen molar-refractivity contribution >= 4 is 23.2 Å². The monoisotopic (exact) mass is 463 g/mol. The number of fused-ring (bicyclic) bond motifs is 1. The molecule has 0 bridgehead atoms. The molecule has 0 unspecified atom stereocenters. The van der Waals surface area contributed by atoms with Gasteiger partial charge in [0, 0.05) is 49.0 Å². The van der Waals surface area contributed by atoms with Crippen molar-refractivity contribution in [2.24, 2.45) is 0 Å². The van der Waals surface area contributed by atoms with Crippen LogP contribution in [0.25, 0.3) is 0 Å². The first-order valence-electron chi connectivity index (χ1n) is 11.1. The van der Waals surface area contributed by atoms with E-state index in [0.29, 0.717) is 17.1 Å². The number of carbonyl (C=O) groups excluding carboxylic acids is 1. The zero-order valence-electron chi connectivity index (χ0n) is 18.2. The molecule has 0 aromatic heterocycles. The minimum absolute atomic E-state index is 0.0219. The topological polar surface area (TPSA) is 54.0 Å². The zero-order valence-corrected chi connectivity index (χ0v) is 19.0. The molecule has 0 radical (unpaired) electrons. The molecule has 170 valence electrons. The molecule has 7 heteroatoms. The van der Waals surface area contributed by atoms with Gasteiger partial charge in [0.2, 0.25) is 6.79 Å². The third-order valence-electron chi connectivity index (χ3n) is 6.22. The second kappa shape index (κ2) is 9.73. The summed E-state index contributed by atoms with van der Waals surface area (Å²) in [7, 11) is 0. The van der Waals surface area contributed by atoms with E-state index in [0.717, 1.165) is 43.2 Å². The fraction of sp³-hybridized carbons (Fsp3) is 0.269. The van der Waals surface area contributed by atoms with Gasteiger partial charge in [-0.15, -0.1) is 0 Å². The number of anilines is 1. The molecule has 3 aromatic rings. The molecule has 2 aliphatic rings. The first-order valence-corrected chi connectivity index (χ1v) is 11.5. The Morgan fingerprint density at radius 1 is 0.909 bits per heavy atom. The molecule has 1 saturated heterocycles. The minimum atomic E-state index is -0.111. The summed E-state index contributed by atoms with van der Waals surface area (Å²) in [6, 6.07) is 23.5. The molecule has 2 heterocycles. The highest BCUT2D eigenvalue weighted by atomic mass is 35.5. The van der Waals surface area contributed by atoms with E-state index in [-0.39, 0.29) is 18.7 Å². The van der Waals surface area contributed by atoms with E-state index < -0.39 is 0 Å². The Morgan fingerprint density at radius 2 is 1.64 bits per heavy atom. The molecule has 2 aliphatic heterocycles. The predicted octanol–water partition coefficient (Wildman–Crippen LogP) is 4.36. The molecular weight excluding hydrogens is 438 g/mol. The van der Waals surface area contributed by atoms with Crippen LogP contribution < -0.4 is 19.7 Å². The molecule has 1 N–H and O–H groups in total. The number of nitrogens with one attached hydrogen (secondary N) is 1. The van der Waals surface area contributed by atoms with Crippen LogP contribution in [-0.4, -0.2) is 50.3 Å². The quantitative estimate of drug-likeness (QED) is 0.588. The van der Waals surface area contributed by atoms with Gasteiger partial charge in [0.15, 0.2) is 11.5 Å². The molecule has 1 fully saturated rings. The zero-order chi connectivity index (χ0) is 22.6. The number of hydrogen-bond donors (Lipinski definition) is 1. The summed E-state index contributed by atoms with van der Waals surface area (Å²) < 4.78 is 11.1. The first-order chi connectivity index (χ1) is 16.2. The van der Waals surface area contributed by atoms with Gasteiger partial charge in [-0.2, -0.15) is 0 Å². The Labute approximate surface area is 198 Å². The van der Waals surface area contributed by atoms with Crippen LogP contribution in [0.2, 0.25) is 5.02 Å². The molecular formula is C26H26ClN3O3. The summed E-state index contributed by atoms with van der Waals surface area (Å²) in [6.45, 7) is 4.38. The maximum absolute atomic E-state index is 12.8. The van der Waals surface area contributed by atoms with Crippen LogP contribution in [0.15, 0.2) is 72.8 Å². The van der Waals surface area contributed by atoms with Crippen LogP contribution in [0.3, 0.4) is 0 Å². The Balaban J connectivity index is 1.32. The number of hydrogen-bond acceptors (Lipinski definition) is 5. The molecule has 6 nitrogen and oxygen atoms in total. The summed E-state index contributed by atoms with van der Waals surface area (Å²) in [6.07, 6.45) is 0. The largest absolute Gasteiger partial charge is 0.454 e. The molecule has 1 amide bonds. The molecule has 1 atom stereocenters. The van der Waals surface area contributed by atoms with Crippen LogP contribution >= 0.6 is 11.6 Å². The number of para-hydroxylation sites is 1. The Kier molecular flexibility index (Phi) is 6.37. The average molecular weight is 464 g/mol. The average Bonchev–Trinajstić information content (AvgIpc) is 3.33. The maximum Gasteiger partial charge on any atom is 0.251 e. The Bertz CT molecular complexity index is 1100. The number of benzene rings is 3. The van der Waals surface area contributed by atoms with Gasteiger partial charge in [-0.25, -0.2) is 0 Å². The number of amides is 1. The van der Waals surface area contributed by atoms with Gasteiger partial charge in [-0.05, 0) is 54.1 Å². The highest BCUT2D eigenvalue weighted by Gasteiger charge is 2.27. The van der Waals surface area contributed by atoms with Crippen LogP contribution in [-0.2, 0) is 0 Å². The second-order valence-electron chi connectivity index (χ2n) is 8.20. The second-order valence-corrected chi connectivity index (χ2v) is 8.64. The van der Waals surface area contributed by atoms with Crippen molar-refractivity contribution in [3.8, 4) is 11.5 Å². The molecule has 33 heavy (non-hydrogen) atoms. The van der Waals surface area contributed by atoms with Crippen molar-refractivity contribution in [2.75, 3.05) is 44.4 Å².